The van der Waals surface area contributed by atoms with Crippen LogP contribution in [0.5, 0.6) is 5.75 Å². The molecule has 0 saturated carbocycles. The molecular formula is C19H19NO5. The molecule has 0 aliphatic heterocycles. The summed E-state index contributed by atoms with van der Waals surface area (Å²) in [5, 5.41) is 10.7. The van der Waals surface area contributed by atoms with Crippen LogP contribution in [0.2, 0.25) is 0 Å². The molecule has 1 aromatic carbocycles. The third-order valence-electron chi connectivity index (χ3n) is 3.76. The van der Waals surface area contributed by atoms with Gasteiger partial charge < -0.3 is 9.15 Å². The van der Waals surface area contributed by atoms with Gasteiger partial charge in [-0.05, 0) is 44.5 Å². The number of ether oxygens (including phenoxy) is 1. The minimum absolute atomic E-state index is 0.0505. The predicted molar refractivity (Wildman–Crippen MR) is 96.8 cm³/mol. The Morgan fingerprint density at radius 1 is 1.20 bits per heavy atom. The molecule has 0 atom stereocenters. The molecule has 0 radical (unpaired) electrons. The maximum atomic E-state index is 11.8. The molecule has 0 spiro atoms. The summed E-state index contributed by atoms with van der Waals surface area (Å²) in [5.41, 5.74) is 2.55. The lowest BCUT2D eigenvalue weighted by Gasteiger charge is -2.08. The maximum Gasteiger partial charge on any atom is 0.342 e. The highest BCUT2D eigenvalue weighted by molar-refractivity contribution is 5.62. The summed E-state index contributed by atoms with van der Waals surface area (Å²) in [5.74, 6) is 0.955. The van der Waals surface area contributed by atoms with E-state index in [1.54, 1.807) is 25.1 Å². The lowest BCUT2D eigenvalue weighted by atomic mass is 10.1. The average Bonchev–Trinajstić information content (AvgIpc) is 2.58. The van der Waals surface area contributed by atoms with Gasteiger partial charge in [-0.3, -0.25) is 10.1 Å². The van der Waals surface area contributed by atoms with E-state index >= 15 is 0 Å². The van der Waals surface area contributed by atoms with Crippen LogP contribution >= 0.6 is 0 Å². The summed E-state index contributed by atoms with van der Waals surface area (Å²) < 4.78 is 10.6. The Morgan fingerprint density at radius 2 is 1.84 bits per heavy atom. The van der Waals surface area contributed by atoms with Crippen LogP contribution in [0.1, 0.15) is 29.4 Å². The average molecular weight is 341 g/mol. The van der Waals surface area contributed by atoms with Gasteiger partial charge in [0, 0.05) is 17.7 Å². The molecule has 2 aromatic rings. The standard InChI is InChI=1S/C19H19NO5/c1-12(11-15-6-8-16(9-7-15)20(22)23)5-10-17-13(2)18(24-4)14(3)19(21)25-17/h5-11H,1-4H3. The van der Waals surface area contributed by atoms with Crippen molar-refractivity contribution in [1.82, 2.24) is 0 Å². The second-order valence-electron chi connectivity index (χ2n) is 5.61. The highest BCUT2D eigenvalue weighted by Crippen LogP contribution is 2.24. The normalized spacial score (nSPS) is 11.8. The second kappa shape index (κ2) is 7.61. The molecule has 0 aliphatic carbocycles. The molecule has 0 amide bonds. The first-order valence-electron chi connectivity index (χ1n) is 7.62. The third kappa shape index (κ3) is 4.23. The van der Waals surface area contributed by atoms with Crippen molar-refractivity contribution in [2.24, 2.45) is 0 Å². The minimum atomic E-state index is -0.435. The van der Waals surface area contributed by atoms with Crippen LogP contribution in [-0.4, -0.2) is 12.0 Å². The first-order valence-corrected chi connectivity index (χ1v) is 7.62. The fourth-order valence-corrected chi connectivity index (χ4v) is 2.41. The number of rotatable bonds is 5. The number of nitro benzene ring substituents is 1. The van der Waals surface area contributed by atoms with E-state index in [9.17, 15) is 14.9 Å². The van der Waals surface area contributed by atoms with Crippen LogP contribution in [0.3, 0.4) is 0 Å². The zero-order valence-corrected chi connectivity index (χ0v) is 14.5. The van der Waals surface area contributed by atoms with E-state index < -0.39 is 10.5 Å². The summed E-state index contributed by atoms with van der Waals surface area (Å²) in [4.78, 5) is 22.1. The van der Waals surface area contributed by atoms with E-state index in [0.29, 0.717) is 17.1 Å². The number of non-ortho nitro benzene ring substituents is 1. The van der Waals surface area contributed by atoms with Crippen molar-refractivity contribution < 1.29 is 14.1 Å². The first kappa shape index (κ1) is 18.2. The van der Waals surface area contributed by atoms with Crippen LogP contribution < -0.4 is 10.4 Å². The summed E-state index contributed by atoms with van der Waals surface area (Å²) in [7, 11) is 1.52. The van der Waals surface area contributed by atoms with Crippen molar-refractivity contribution in [3.63, 3.8) is 0 Å². The Hall–Kier alpha value is -3.15. The maximum absolute atomic E-state index is 11.8. The van der Waals surface area contributed by atoms with E-state index in [2.05, 4.69) is 0 Å². The van der Waals surface area contributed by atoms with Gasteiger partial charge in [0.25, 0.3) is 5.69 Å². The van der Waals surface area contributed by atoms with Crippen LogP contribution in [-0.2, 0) is 0 Å². The van der Waals surface area contributed by atoms with E-state index in [1.807, 2.05) is 26.0 Å². The number of hydrogen-bond acceptors (Lipinski definition) is 5. The highest BCUT2D eigenvalue weighted by atomic mass is 16.6. The lowest BCUT2D eigenvalue weighted by molar-refractivity contribution is -0.384. The highest BCUT2D eigenvalue weighted by Gasteiger charge is 2.12. The van der Waals surface area contributed by atoms with Gasteiger partial charge in [-0.15, -0.1) is 0 Å². The number of nitro groups is 1. The first-order chi connectivity index (χ1) is 11.8. The SMILES string of the molecule is COc1c(C)c(C=CC(C)=Cc2ccc([N+](=O)[O-])cc2)oc(=O)c1C. The van der Waals surface area contributed by atoms with E-state index in [1.165, 1.54) is 19.2 Å². The van der Waals surface area contributed by atoms with Crippen molar-refractivity contribution in [2.45, 2.75) is 20.8 Å². The van der Waals surface area contributed by atoms with Crippen molar-refractivity contribution in [1.29, 1.82) is 0 Å². The third-order valence-corrected chi connectivity index (χ3v) is 3.76. The smallest absolute Gasteiger partial charge is 0.342 e. The van der Waals surface area contributed by atoms with Gasteiger partial charge in [-0.2, -0.15) is 0 Å². The van der Waals surface area contributed by atoms with Gasteiger partial charge in [0.05, 0.1) is 17.6 Å². The Kier molecular flexibility index (Phi) is 5.54. The Bertz CT molecular complexity index is 905. The number of nitrogens with zero attached hydrogens (tertiary/aromatic N) is 1. The Morgan fingerprint density at radius 3 is 2.40 bits per heavy atom. The summed E-state index contributed by atoms with van der Waals surface area (Å²) in [6.45, 7) is 5.37. The zero-order chi connectivity index (χ0) is 18.6. The van der Waals surface area contributed by atoms with Crippen molar-refractivity contribution >= 4 is 17.8 Å². The van der Waals surface area contributed by atoms with Crippen LogP contribution in [0.4, 0.5) is 5.69 Å². The van der Waals surface area contributed by atoms with Crippen LogP contribution in [0.25, 0.3) is 12.2 Å². The minimum Gasteiger partial charge on any atom is -0.496 e. The molecule has 6 nitrogen and oxygen atoms in total. The molecule has 0 bridgehead atoms. The van der Waals surface area contributed by atoms with Gasteiger partial charge >= 0.3 is 5.63 Å². The molecule has 0 fully saturated rings. The predicted octanol–water partition coefficient (Wildman–Crippen LogP) is 4.29. The Balaban J connectivity index is 2.28. The number of hydrogen-bond donors (Lipinski definition) is 0. The number of allylic oxidation sites excluding steroid dienone is 2. The monoisotopic (exact) mass is 341 g/mol. The molecule has 1 aromatic heterocycles. The second-order valence-corrected chi connectivity index (χ2v) is 5.61. The summed E-state index contributed by atoms with van der Waals surface area (Å²) in [6.07, 6.45) is 5.39. The van der Waals surface area contributed by atoms with Gasteiger partial charge in [0.15, 0.2) is 0 Å². The van der Waals surface area contributed by atoms with Crippen molar-refractivity contribution in [3.05, 3.63) is 78.9 Å². The summed E-state index contributed by atoms with van der Waals surface area (Å²) in [6, 6.07) is 6.26. The largest absolute Gasteiger partial charge is 0.496 e. The summed E-state index contributed by atoms with van der Waals surface area (Å²) >= 11 is 0. The molecule has 130 valence electrons. The molecule has 1 heterocycles. The van der Waals surface area contributed by atoms with E-state index in [-0.39, 0.29) is 5.69 Å². The molecule has 0 aliphatic rings. The number of methoxy groups -OCH3 is 1. The molecule has 0 unspecified atom stereocenters. The van der Waals surface area contributed by atoms with E-state index in [0.717, 1.165) is 16.7 Å². The van der Waals surface area contributed by atoms with Gasteiger partial charge in [-0.25, -0.2) is 4.79 Å². The van der Waals surface area contributed by atoms with Crippen molar-refractivity contribution in [3.8, 4) is 5.75 Å². The quantitative estimate of drug-likeness (QED) is 0.460. The number of benzene rings is 1. The zero-order valence-electron chi connectivity index (χ0n) is 14.5. The van der Waals surface area contributed by atoms with Crippen molar-refractivity contribution in [2.75, 3.05) is 7.11 Å². The van der Waals surface area contributed by atoms with Gasteiger partial charge in [0.2, 0.25) is 0 Å². The van der Waals surface area contributed by atoms with E-state index in [4.69, 9.17) is 9.15 Å². The lowest BCUT2D eigenvalue weighted by Crippen LogP contribution is -2.08. The molecule has 0 saturated heterocycles. The fraction of sp³-hybridized carbons (Fsp3) is 0.211. The van der Waals surface area contributed by atoms with Crippen LogP contribution in [0, 0.1) is 24.0 Å². The van der Waals surface area contributed by atoms with Gasteiger partial charge in [0.1, 0.15) is 11.5 Å². The molecular weight excluding hydrogens is 322 g/mol. The topological polar surface area (TPSA) is 82.6 Å². The molecule has 0 N–H and O–H groups in total. The Labute approximate surface area is 145 Å². The fourth-order valence-electron chi connectivity index (χ4n) is 2.41. The van der Waals surface area contributed by atoms with Crippen LogP contribution in [0.15, 0.2) is 45.1 Å². The molecule has 25 heavy (non-hydrogen) atoms. The molecule has 6 heteroatoms. The van der Waals surface area contributed by atoms with Gasteiger partial charge in [-0.1, -0.05) is 17.7 Å². The molecule has 2 rings (SSSR count).